The Morgan fingerprint density at radius 2 is 1.77 bits per heavy atom. The number of hydrogen-bond donors (Lipinski definition) is 1. The summed E-state index contributed by atoms with van der Waals surface area (Å²) in [6.07, 6.45) is 1.12. The summed E-state index contributed by atoms with van der Waals surface area (Å²) >= 11 is 0. The van der Waals surface area contributed by atoms with E-state index in [0.29, 0.717) is 18.8 Å². The number of carbonyl (C=O) groups excluding carboxylic acids is 1. The number of sulfonamides is 1. The van der Waals surface area contributed by atoms with Gasteiger partial charge in [-0.1, -0.05) is 0 Å². The van der Waals surface area contributed by atoms with E-state index < -0.39 is 10.0 Å². The molecular formula is C18H32N4O3S. The molecule has 0 saturated heterocycles. The van der Waals surface area contributed by atoms with Crippen molar-refractivity contribution < 1.29 is 13.2 Å². The molecule has 26 heavy (non-hydrogen) atoms. The number of carbonyl (C=O) groups is 1. The highest BCUT2D eigenvalue weighted by molar-refractivity contribution is 7.92. The van der Waals surface area contributed by atoms with E-state index in [1.807, 2.05) is 38.1 Å². The molecule has 0 radical (unpaired) electrons. The van der Waals surface area contributed by atoms with Crippen LogP contribution in [0.15, 0.2) is 18.2 Å². The van der Waals surface area contributed by atoms with E-state index in [9.17, 15) is 13.2 Å². The van der Waals surface area contributed by atoms with Gasteiger partial charge in [0, 0.05) is 31.9 Å². The third-order valence-electron chi connectivity index (χ3n) is 4.15. The van der Waals surface area contributed by atoms with Gasteiger partial charge in [-0.15, -0.1) is 0 Å². The molecule has 0 aromatic heterocycles. The quantitative estimate of drug-likeness (QED) is 0.658. The van der Waals surface area contributed by atoms with Crippen molar-refractivity contribution in [3.63, 3.8) is 0 Å². The van der Waals surface area contributed by atoms with Crippen molar-refractivity contribution in [1.29, 1.82) is 0 Å². The Bertz CT molecular complexity index is 700. The SMILES string of the molecule is CCN(CC)c1ccc(N(CC(=O)NCCN(C)C)S(C)(=O)=O)c(C)c1. The maximum absolute atomic E-state index is 12.3. The van der Waals surface area contributed by atoms with Gasteiger partial charge in [-0.25, -0.2) is 8.42 Å². The molecule has 1 N–H and O–H groups in total. The zero-order valence-electron chi connectivity index (χ0n) is 16.7. The molecule has 0 spiro atoms. The molecule has 0 aliphatic rings. The lowest BCUT2D eigenvalue weighted by Gasteiger charge is -2.26. The summed E-state index contributed by atoms with van der Waals surface area (Å²) in [6.45, 7) is 8.72. The lowest BCUT2D eigenvalue weighted by Crippen LogP contribution is -2.42. The summed E-state index contributed by atoms with van der Waals surface area (Å²) in [7, 11) is 0.252. The average molecular weight is 385 g/mol. The van der Waals surface area contributed by atoms with Crippen LogP contribution in [0.1, 0.15) is 19.4 Å². The predicted octanol–water partition coefficient (Wildman–Crippen LogP) is 1.29. The summed E-state index contributed by atoms with van der Waals surface area (Å²) in [4.78, 5) is 16.3. The van der Waals surface area contributed by atoms with Crippen LogP contribution in [-0.4, -0.2) is 72.3 Å². The van der Waals surface area contributed by atoms with Crippen molar-refractivity contribution in [2.75, 3.05) is 62.3 Å². The maximum atomic E-state index is 12.3. The van der Waals surface area contributed by atoms with E-state index in [1.54, 1.807) is 6.07 Å². The number of hydrogen-bond acceptors (Lipinski definition) is 5. The number of nitrogens with zero attached hydrogens (tertiary/aromatic N) is 3. The zero-order chi connectivity index (χ0) is 19.9. The molecule has 1 aromatic carbocycles. The van der Waals surface area contributed by atoms with Crippen molar-refractivity contribution in [2.45, 2.75) is 20.8 Å². The van der Waals surface area contributed by atoms with E-state index in [1.165, 1.54) is 4.31 Å². The van der Waals surface area contributed by atoms with Gasteiger partial charge >= 0.3 is 0 Å². The third kappa shape index (κ3) is 6.49. The molecule has 0 aliphatic carbocycles. The molecule has 0 aliphatic heterocycles. The van der Waals surface area contributed by atoms with Gasteiger partial charge in [0.05, 0.1) is 11.9 Å². The van der Waals surface area contributed by atoms with Gasteiger partial charge in [-0.3, -0.25) is 9.10 Å². The molecular weight excluding hydrogens is 352 g/mol. The molecule has 0 atom stereocenters. The number of aryl methyl sites for hydroxylation is 1. The zero-order valence-corrected chi connectivity index (χ0v) is 17.6. The van der Waals surface area contributed by atoms with Gasteiger partial charge in [-0.05, 0) is 58.6 Å². The first-order valence-electron chi connectivity index (χ1n) is 8.84. The highest BCUT2D eigenvalue weighted by atomic mass is 32.2. The third-order valence-corrected chi connectivity index (χ3v) is 5.27. The Morgan fingerprint density at radius 1 is 1.15 bits per heavy atom. The highest BCUT2D eigenvalue weighted by Gasteiger charge is 2.22. The first-order chi connectivity index (χ1) is 12.1. The molecule has 1 rings (SSSR count). The summed E-state index contributed by atoms with van der Waals surface area (Å²) in [5.41, 5.74) is 2.40. The summed E-state index contributed by atoms with van der Waals surface area (Å²) in [5, 5.41) is 2.76. The highest BCUT2D eigenvalue weighted by Crippen LogP contribution is 2.27. The van der Waals surface area contributed by atoms with Gasteiger partial charge in [0.2, 0.25) is 15.9 Å². The molecule has 0 heterocycles. The second kappa shape index (κ2) is 9.78. The first kappa shape index (κ1) is 22.2. The summed E-state index contributed by atoms with van der Waals surface area (Å²) < 4.78 is 25.7. The minimum atomic E-state index is -3.57. The number of amides is 1. The van der Waals surface area contributed by atoms with E-state index in [0.717, 1.165) is 30.6 Å². The minimum Gasteiger partial charge on any atom is -0.372 e. The van der Waals surface area contributed by atoms with Crippen LogP contribution in [0.4, 0.5) is 11.4 Å². The second-order valence-corrected chi connectivity index (χ2v) is 8.47. The van der Waals surface area contributed by atoms with Gasteiger partial charge < -0.3 is 15.1 Å². The van der Waals surface area contributed by atoms with Gasteiger partial charge in [0.15, 0.2) is 0 Å². The fraction of sp³-hybridized carbons (Fsp3) is 0.611. The lowest BCUT2D eigenvalue weighted by molar-refractivity contribution is -0.119. The number of anilines is 2. The van der Waals surface area contributed by atoms with Crippen LogP contribution in [0.5, 0.6) is 0 Å². The Labute approximate surface area is 158 Å². The molecule has 0 fully saturated rings. The summed E-state index contributed by atoms with van der Waals surface area (Å²) in [6, 6.07) is 5.64. The van der Waals surface area contributed by atoms with E-state index >= 15 is 0 Å². The smallest absolute Gasteiger partial charge is 0.240 e. The fourth-order valence-electron chi connectivity index (χ4n) is 2.69. The first-order valence-corrected chi connectivity index (χ1v) is 10.7. The monoisotopic (exact) mass is 384 g/mol. The fourth-order valence-corrected chi connectivity index (χ4v) is 3.61. The van der Waals surface area contributed by atoms with Gasteiger partial charge in [0.1, 0.15) is 6.54 Å². The molecule has 0 unspecified atom stereocenters. The number of nitrogens with one attached hydrogen (secondary N) is 1. The molecule has 7 nitrogen and oxygen atoms in total. The van der Waals surface area contributed by atoms with Crippen molar-refractivity contribution >= 4 is 27.3 Å². The maximum Gasteiger partial charge on any atom is 0.240 e. The standard InChI is InChI=1S/C18H32N4O3S/c1-7-21(8-2)16-9-10-17(15(3)13-16)22(26(6,24)25)14-18(23)19-11-12-20(4)5/h9-10,13H,7-8,11-12,14H2,1-6H3,(H,19,23). The van der Waals surface area contributed by atoms with Crippen molar-refractivity contribution in [2.24, 2.45) is 0 Å². The number of rotatable bonds is 10. The van der Waals surface area contributed by atoms with Gasteiger partial charge in [0.25, 0.3) is 0 Å². The van der Waals surface area contributed by atoms with Crippen molar-refractivity contribution in [3.8, 4) is 0 Å². The number of likely N-dealkylation sites (N-methyl/N-ethyl adjacent to an activating group) is 1. The van der Waals surface area contributed by atoms with E-state index in [2.05, 4.69) is 24.1 Å². The van der Waals surface area contributed by atoms with Crippen LogP contribution in [0.3, 0.4) is 0 Å². The molecule has 1 amide bonds. The molecule has 8 heteroatoms. The second-order valence-electron chi connectivity index (χ2n) is 6.57. The van der Waals surface area contributed by atoms with Crippen LogP contribution >= 0.6 is 0 Å². The summed E-state index contributed by atoms with van der Waals surface area (Å²) in [5.74, 6) is -0.315. The Kier molecular flexibility index (Phi) is 8.36. The van der Waals surface area contributed by atoms with E-state index in [4.69, 9.17) is 0 Å². The largest absolute Gasteiger partial charge is 0.372 e. The van der Waals surface area contributed by atoms with Crippen molar-refractivity contribution in [1.82, 2.24) is 10.2 Å². The van der Waals surface area contributed by atoms with Crippen LogP contribution in [0.25, 0.3) is 0 Å². The number of benzene rings is 1. The Balaban J connectivity index is 3.02. The van der Waals surface area contributed by atoms with Crippen LogP contribution in [0.2, 0.25) is 0 Å². The van der Waals surface area contributed by atoms with Crippen LogP contribution < -0.4 is 14.5 Å². The Hall–Kier alpha value is -1.80. The lowest BCUT2D eigenvalue weighted by atomic mass is 10.1. The average Bonchev–Trinajstić information content (AvgIpc) is 2.53. The molecule has 0 bridgehead atoms. The Morgan fingerprint density at radius 3 is 2.23 bits per heavy atom. The topological polar surface area (TPSA) is 73.0 Å². The minimum absolute atomic E-state index is 0.224. The molecule has 0 saturated carbocycles. The van der Waals surface area contributed by atoms with Crippen LogP contribution in [0, 0.1) is 6.92 Å². The molecule has 1 aromatic rings. The van der Waals surface area contributed by atoms with Gasteiger partial charge in [-0.2, -0.15) is 0 Å². The normalized spacial score (nSPS) is 11.5. The predicted molar refractivity (Wildman–Crippen MR) is 108 cm³/mol. The van der Waals surface area contributed by atoms with Crippen LogP contribution in [-0.2, 0) is 14.8 Å². The van der Waals surface area contributed by atoms with E-state index in [-0.39, 0.29) is 12.5 Å². The molecule has 148 valence electrons. The van der Waals surface area contributed by atoms with Crippen molar-refractivity contribution in [3.05, 3.63) is 23.8 Å².